The van der Waals surface area contributed by atoms with Crippen molar-refractivity contribution < 1.29 is 9.53 Å². The number of methoxy groups -OCH3 is 1. The summed E-state index contributed by atoms with van der Waals surface area (Å²) >= 11 is 5.82. The third-order valence-electron chi connectivity index (χ3n) is 1.98. The third-order valence-corrected chi connectivity index (χ3v) is 2.22. The standard InChI is InChI=1S/C9H8ClN5O2/c1-17-7-3-2-5(10)4-6(7)8(16)11-9-12-14-15-13-9/h2-4H,1H3,(H2,11,12,13,14,15,16). The van der Waals surface area contributed by atoms with Crippen LogP contribution in [0.15, 0.2) is 18.2 Å². The maximum absolute atomic E-state index is 11.9. The number of H-pyrrole nitrogens is 1. The van der Waals surface area contributed by atoms with E-state index < -0.39 is 5.91 Å². The number of aromatic amines is 1. The quantitative estimate of drug-likeness (QED) is 0.855. The Bertz CT molecular complexity index is 528. The molecule has 8 heteroatoms. The van der Waals surface area contributed by atoms with Crippen molar-refractivity contribution in [2.75, 3.05) is 12.4 Å². The number of anilines is 1. The van der Waals surface area contributed by atoms with E-state index >= 15 is 0 Å². The van der Waals surface area contributed by atoms with E-state index in [1.165, 1.54) is 13.2 Å². The first-order valence-electron chi connectivity index (χ1n) is 4.59. The Morgan fingerprint density at radius 1 is 1.53 bits per heavy atom. The molecule has 0 saturated heterocycles. The minimum atomic E-state index is -0.414. The minimum absolute atomic E-state index is 0.150. The van der Waals surface area contributed by atoms with Gasteiger partial charge in [-0.15, -0.1) is 0 Å². The third kappa shape index (κ3) is 2.51. The number of amides is 1. The van der Waals surface area contributed by atoms with Crippen molar-refractivity contribution in [2.45, 2.75) is 0 Å². The maximum atomic E-state index is 11.9. The number of carbonyl (C=O) groups excluding carboxylic acids is 1. The van der Waals surface area contributed by atoms with Gasteiger partial charge < -0.3 is 4.74 Å². The van der Waals surface area contributed by atoms with Crippen LogP contribution in [0.2, 0.25) is 5.02 Å². The number of halogens is 1. The van der Waals surface area contributed by atoms with Gasteiger partial charge in [-0.05, 0) is 28.6 Å². The maximum Gasteiger partial charge on any atom is 0.261 e. The van der Waals surface area contributed by atoms with Gasteiger partial charge in [0.1, 0.15) is 5.75 Å². The second-order valence-corrected chi connectivity index (χ2v) is 3.49. The summed E-state index contributed by atoms with van der Waals surface area (Å²) in [4.78, 5) is 11.9. The fourth-order valence-corrected chi connectivity index (χ4v) is 1.42. The molecule has 0 aliphatic rings. The number of benzene rings is 1. The molecular formula is C9H8ClN5O2. The Kier molecular flexibility index (Phi) is 3.20. The molecule has 0 saturated carbocycles. The molecule has 0 bridgehead atoms. The van der Waals surface area contributed by atoms with Gasteiger partial charge in [-0.2, -0.15) is 0 Å². The van der Waals surface area contributed by atoms with Gasteiger partial charge in [0.05, 0.1) is 12.7 Å². The van der Waals surface area contributed by atoms with E-state index in [4.69, 9.17) is 16.3 Å². The Labute approximate surface area is 101 Å². The van der Waals surface area contributed by atoms with Gasteiger partial charge >= 0.3 is 0 Å². The van der Waals surface area contributed by atoms with E-state index in [2.05, 4.69) is 25.9 Å². The lowest BCUT2D eigenvalue weighted by molar-refractivity contribution is 0.102. The van der Waals surface area contributed by atoms with Gasteiger partial charge in [0.2, 0.25) is 5.95 Å². The molecule has 17 heavy (non-hydrogen) atoms. The Morgan fingerprint density at radius 2 is 2.35 bits per heavy atom. The lowest BCUT2D eigenvalue weighted by atomic mass is 10.2. The second kappa shape index (κ2) is 4.79. The van der Waals surface area contributed by atoms with E-state index in [1.54, 1.807) is 12.1 Å². The predicted molar refractivity (Wildman–Crippen MR) is 60.1 cm³/mol. The lowest BCUT2D eigenvalue weighted by Crippen LogP contribution is -2.14. The van der Waals surface area contributed by atoms with Crippen LogP contribution < -0.4 is 10.1 Å². The average Bonchev–Trinajstić information content (AvgIpc) is 2.81. The molecule has 0 radical (unpaired) electrons. The Hall–Kier alpha value is -2.15. The molecule has 0 aliphatic heterocycles. The van der Waals surface area contributed by atoms with Crippen molar-refractivity contribution in [2.24, 2.45) is 0 Å². The zero-order chi connectivity index (χ0) is 12.3. The zero-order valence-corrected chi connectivity index (χ0v) is 9.52. The van der Waals surface area contributed by atoms with Crippen molar-refractivity contribution in [1.29, 1.82) is 0 Å². The van der Waals surface area contributed by atoms with Crippen molar-refractivity contribution >= 4 is 23.5 Å². The van der Waals surface area contributed by atoms with Crippen LogP contribution in [-0.2, 0) is 0 Å². The van der Waals surface area contributed by atoms with Crippen LogP contribution in [0.4, 0.5) is 5.95 Å². The normalized spacial score (nSPS) is 10.0. The fraction of sp³-hybridized carbons (Fsp3) is 0.111. The summed E-state index contributed by atoms with van der Waals surface area (Å²) in [6.07, 6.45) is 0. The molecular weight excluding hydrogens is 246 g/mol. The smallest absolute Gasteiger partial charge is 0.261 e. The molecule has 0 aliphatic carbocycles. The molecule has 88 valence electrons. The van der Waals surface area contributed by atoms with E-state index in [9.17, 15) is 4.79 Å². The van der Waals surface area contributed by atoms with Crippen LogP contribution >= 0.6 is 11.6 Å². The molecule has 1 aromatic heterocycles. The molecule has 1 heterocycles. The van der Waals surface area contributed by atoms with Crippen LogP contribution in [0.5, 0.6) is 5.75 Å². The van der Waals surface area contributed by atoms with Gasteiger partial charge in [0.15, 0.2) is 0 Å². The van der Waals surface area contributed by atoms with Crippen LogP contribution in [0, 0.1) is 0 Å². The summed E-state index contributed by atoms with van der Waals surface area (Å²) in [7, 11) is 1.47. The highest BCUT2D eigenvalue weighted by molar-refractivity contribution is 6.31. The summed E-state index contributed by atoms with van der Waals surface area (Å²) < 4.78 is 5.06. The number of rotatable bonds is 3. The summed E-state index contributed by atoms with van der Waals surface area (Å²) in [6, 6.07) is 4.74. The highest BCUT2D eigenvalue weighted by Gasteiger charge is 2.14. The van der Waals surface area contributed by atoms with Gasteiger partial charge in [-0.1, -0.05) is 16.7 Å². The Balaban J connectivity index is 2.26. The molecule has 2 aromatic rings. The number of hydrogen-bond acceptors (Lipinski definition) is 5. The van der Waals surface area contributed by atoms with E-state index in [-0.39, 0.29) is 5.95 Å². The summed E-state index contributed by atoms with van der Waals surface area (Å²) in [5, 5.41) is 15.5. The van der Waals surface area contributed by atoms with Gasteiger partial charge in [-0.25, -0.2) is 5.10 Å². The number of nitrogens with zero attached hydrogens (tertiary/aromatic N) is 3. The number of carbonyl (C=O) groups is 1. The number of nitrogens with one attached hydrogen (secondary N) is 2. The zero-order valence-electron chi connectivity index (χ0n) is 8.77. The number of hydrogen-bond donors (Lipinski definition) is 2. The van der Waals surface area contributed by atoms with Crippen molar-refractivity contribution in [3.63, 3.8) is 0 Å². The summed E-state index contributed by atoms with van der Waals surface area (Å²) in [5.74, 6) is 0.152. The highest BCUT2D eigenvalue weighted by Crippen LogP contribution is 2.23. The van der Waals surface area contributed by atoms with Gasteiger partial charge in [-0.3, -0.25) is 10.1 Å². The summed E-state index contributed by atoms with van der Waals surface area (Å²) in [5.41, 5.74) is 0.302. The second-order valence-electron chi connectivity index (χ2n) is 3.05. The van der Waals surface area contributed by atoms with E-state index in [0.717, 1.165) is 0 Å². The molecule has 2 rings (SSSR count). The lowest BCUT2D eigenvalue weighted by Gasteiger charge is -2.07. The highest BCUT2D eigenvalue weighted by atomic mass is 35.5. The van der Waals surface area contributed by atoms with E-state index in [0.29, 0.717) is 16.3 Å². The first-order chi connectivity index (χ1) is 8.20. The van der Waals surface area contributed by atoms with Crippen LogP contribution in [0.3, 0.4) is 0 Å². The first kappa shape index (κ1) is 11.3. The molecule has 0 spiro atoms. The van der Waals surface area contributed by atoms with Gasteiger partial charge in [0.25, 0.3) is 5.91 Å². The number of aromatic nitrogens is 4. The topological polar surface area (TPSA) is 92.8 Å². The molecule has 0 fully saturated rings. The van der Waals surface area contributed by atoms with Crippen LogP contribution in [0.1, 0.15) is 10.4 Å². The van der Waals surface area contributed by atoms with Crippen molar-refractivity contribution in [1.82, 2.24) is 20.6 Å². The number of ether oxygens (including phenoxy) is 1. The summed E-state index contributed by atoms with van der Waals surface area (Å²) in [6.45, 7) is 0. The predicted octanol–water partition coefficient (Wildman–Crippen LogP) is 1.11. The van der Waals surface area contributed by atoms with E-state index in [1.807, 2.05) is 0 Å². The Morgan fingerprint density at radius 3 is 3.00 bits per heavy atom. The molecule has 7 nitrogen and oxygen atoms in total. The molecule has 1 aromatic carbocycles. The first-order valence-corrected chi connectivity index (χ1v) is 4.97. The molecule has 2 N–H and O–H groups in total. The molecule has 0 atom stereocenters. The van der Waals surface area contributed by atoms with Crippen LogP contribution in [-0.4, -0.2) is 33.6 Å². The largest absolute Gasteiger partial charge is 0.496 e. The minimum Gasteiger partial charge on any atom is -0.496 e. The van der Waals surface area contributed by atoms with Gasteiger partial charge in [0, 0.05) is 5.02 Å². The molecule has 1 amide bonds. The SMILES string of the molecule is COc1ccc(Cl)cc1C(=O)Nc1nnn[nH]1. The number of tetrazole rings is 1. The monoisotopic (exact) mass is 253 g/mol. The van der Waals surface area contributed by atoms with Crippen LogP contribution in [0.25, 0.3) is 0 Å². The van der Waals surface area contributed by atoms with Crippen molar-refractivity contribution in [3.8, 4) is 5.75 Å². The molecule has 0 unspecified atom stereocenters. The average molecular weight is 254 g/mol. The fourth-order valence-electron chi connectivity index (χ4n) is 1.24. The van der Waals surface area contributed by atoms with Crippen molar-refractivity contribution in [3.05, 3.63) is 28.8 Å².